The zero-order valence-electron chi connectivity index (χ0n) is 8.67. The van der Waals surface area contributed by atoms with Crippen LogP contribution in [0.1, 0.15) is 6.42 Å². The molecule has 10 nitrogen and oxygen atoms in total. The van der Waals surface area contributed by atoms with E-state index in [0.717, 1.165) is 0 Å². The van der Waals surface area contributed by atoms with Gasteiger partial charge in [0, 0.05) is 11.5 Å². The number of β-amino-alcohol motifs (C(OH)–C–C–N with tert-alkyl or cyclic N) is 1. The minimum Gasteiger partial charge on any atom is -0.464 e. The molecular weight excluding hydrogens is 234 g/mol. The molecule has 0 bridgehead atoms. The Balaban J connectivity index is 2.93. The maximum Gasteiger partial charge on any atom is 0.426 e. The summed E-state index contributed by atoms with van der Waals surface area (Å²) >= 11 is 0. The molecular formula is C7H11N5O5. The van der Waals surface area contributed by atoms with Gasteiger partial charge in [-0.25, -0.2) is 19.6 Å². The van der Waals surface area contributed by atoms with Crippen molar-refractivity contribution >= 4 is 12.2 Å². The maximum absolute atomic E-state index is 10.8. The van der Waals surface area contributed by atoms with Gasteiger partial charge in [0.15, 0.2) is 0 Å². The van der Waals surface area contributed by atoms with E-state index in [1.807, 2.05) is 0 Å². The molecule has 0 radical (unpaired) electrons. The molecule has 2 unspecified atom stereocenters. The highest BCUT2D eigenvalue weighted by molar-refractivity contribution is 5.71. The number of rotatable bonds is 1. The summed E-state index contributed by atoms with van der Waals surface area (Å²) in [6.07, 6.45) is -4.11. The Morgan fingerprint density at radius 2 is 1.88 bits per heavy atom. The highest BCUT2D eigenvalue weighted by Gasteiger charge is 2.34. The number of aliphatic hydroxyl groups excluding tert-OH is 1. The molecule has 1 heterocycles. The van der Waals surface area contributed by atoms with Gasteiger partial charge in [-0.1, -0.05) is 5.11 Å². The van der Waals surface area contributed by atoms with Crippen LogP contribution >= 0.6 is 0 Å². The third-order valence-corrected chi connectivity index (χ3v) is 2.37. The van der Waals surface area contributed by atoms with E-state index in [9.17, 15) is 14.7 Å². The van der Waals surface area contributed by atoms with Crippen molar-refractivity contribution in [2.24, 2.45) is 5.11 Å². The van der Waals surface area contributed by atoms with Gasteiger partial charge in [-0.3, -0.25) is 0 Å². The topological polar surface area (TPSA) is 150 Å². The maximum atomic E-state index is 10.8. The smallest absolute Gasteiger partial charge is 0.426 e. The van der Waals surface area contributed by atoms with Crippen molar-refractivity contribution in [2.75, 3.05) is 13.1 Å². The minimum absolute atomic E-state index is 0.0569. The number of hydrogen-bond acceptors (Lipinski definition) is 4. The van der Waals surface area contributed by atoms with E-state index in [1.54, 1.807) is 0 Å². The molecule has 1 rings (SSSR count). The molecule has 2 amide bonds. The first-order valence-electron chi connectivity index (χ1n) is 4.70. The molecule has 2 atom stereocenters. The van der Waals surface area contributed by atoms with Crippen LogP contribution in [0.5, 0.6) is 0 Å². The number of hydrogen-bond donors (Lipinski definition) is 3. The highest BCUT2D eigenvalue weighted by Crippen LogP contribution is 2.16. The molecule has 1 fully saturated rings. The Kier molecular flexibility index (Phi) is 3.96. The molecule has 0 saturated carbocycles. The zero-order valence-corrected chi connectivity index (χ0v) is 8.67. The third-order valence-electron chi connectivity index (χ3n) is 2.37. The second-order valence-corrected chi connectivity index (χ2v) is 3.40. The summed E-state index contributed by atoms with van der Waals surface area (Å²) in [5.41, 5.74) is 8.27. The number of carbonyl (C=O) groups is 2. The average Bonchev–Trinajstić information content (AvgIpc) is 2.40. The van der Waals surface area contributed by atoms with Crippen LogP contribution in [0.15, 0.2) is 5.11 Å². The Bertz CT molecular complexity index is 368. The van der Waals surface area contributed by atoms with Gasteiger partial charge in [0.1, 0.15) is 0 Å². The summed E-state index contributed by atoms with van der Waals surface area (Å²) in [5.74, 6) is 0. The monoisotopic (exact) mass is 245 g/mol. The Hall–Kier alpha value is -2.19. The predicted octanol–water partition coefficient (Wildman–Crippen LogP) is 0.305. The molecule has 1 aliphatic heterocycles. The van der Waals surface area contributed by atoms with Crippen LogP contribution < -0.4 is 0 Å². The number of amides is 2. The van der Waals surface area contributed by atoms with E-state index in [-0.39, 0.29) is 13.0 Å². The van der Waals surface area contributed by atoms with Gasteiger partial charge in [-0.05, 0) is 12.0 Å². The standard InChI is InChI=1S/C7H11N5O5/c8-10-9-4-1-2-11(6(14)15)12(7(16)17)3-5(4)13/h4-5,13H,1-3H2,(H,14,15)(H,16,17). The van der Waals surface area contributed by atoms with Gasteiger partial charge < -0.3 is 15.3 Å². The summed E-state index contributed by atoms with van der Waals surface area (Å²) in [4.78, 5) is 24.2. The summed E-state index contributed by atoms with van der Waals surface area (Å²) < 4.78 is 0. The number of aliphatic hydroxyl groups is 1. The fourth-order valence-electron chi connectivity index (χ4n) is 1.55. The SMILES string of the molecule is [N-]=[N+]=NC1CCN(C(=O)O)N(C(=O)O)CC1O. The van der Waals surface area contributed by atoms with Gasteiger partial charge in [-0.2, -0.15) is 0 Å². The average molecular weight is 245 g/mol. The summed E-state index contributed by atoms with van der Waals surface area (Å²) in [5, 5.41) is 31.6. The molecule has 1 saturated heterocycles. The van der Waals surface area contributed by atoms with Crippen molar-refractivity contribution in [2.45, 2.75) is 18.6 Å². The molecule has 0 aromatic heterocycles. The zero-order chi connectivity index (χ0) is 13.0. The fraction of sp³-hybridized carbons (Fsp3) is 0.714. The van der Waals surface area contributed by atoms with E-state index >= 15 is 0 Å². The van der Waals surface area contributed by atoms with Crippen molar-refractivity contribution in [3.05, 3.63) is 10.4 Å². The lowest BCUT2D eigenvalue weighted by Gasteiger charge is -2.28. The number of nitrogens with zero attached hydrogens (tertiary/aromatic N) is 5. The first-order chi connectivity index (χ1) is 7.97. The van der Waals surface area contributed by atoms with Crippen molar-refractivity contribution < 1.29 is 24.9 Å². The van der Waals surface area contributed by atoms with Crippen LogP contribution in [0, 0.1) is 0 Å². The molecule has 3 N–H and O–H groups in total. The molecule has 0 aliphatic carbocycles. The lowest BCUT2D eigenvalue weighted by molar-refractivity contribution is -0.00931. The van der Waals surface area contributed by atoms with Gasteiger partial charge >= 0.3 is 12.2 Å². The quantitative estimate of drug-likeness (QED) is 0.345. The molecule has 1 aliphatic rings. The van der Waals surface area contributed by atoms with Crippen LogP contribution in [0.4, 0.5) is 9.59 Å². The Morgan fingerprint density at radius 3 is 2.35 bits per heavy atom. The molecule has 0 aromatic rings. The van der Waals surface area contributed by atoms with Gasteiger partial charge in [0.2, 0.25) is 0 Å². The summed E-state index contributed by atoms with van der Waals surface area (Å²) in [6, 6.07) is -0.841. The van der Waals surface area contributed by atoms with E-state index < -0.39 is 30.9 Å². The largest absolute Gasteiger partial charge is 0.464 e. The number of hydrazine groups is 1. The van der Waals surface area contributed by atoms with Crippen LogP contribution in [0.25, 0.3) is 10.4 Å². The highest BCUT2D eigenvalue weighted by atomic mass is 16.4. The minimum atomic E-state index is -1.49. The molecule has 0 spiro atoms. The van der Waals surface area contributed by atoms with Crippen molar-refractivity contribution in [3.8, 4) is 0 Å². The lowest BCUT2D eigenvalue weighted by atomic mass is 10.1. The first kappa shape index (κ1) is 12.9. The van der Waals surface area contributed by atoms with Crippen LogP contribution in [-0.2, 0) is 0 Å². The van der Waals surface area contributed by atoms with Crippen molar-refractivity contribution in [1.29, 1.82) is 0 Å². The van der Waals surface area contributed by atoms with Crippen molar-refractivity contribution in [3.63, 3.8) is 0 Å². The Morgan fingerprint density at radius 1 is 1.29 bits per heavy atom. The normalized spacial score (nSPS) is 24.8. The summed E-state index contributed by atoms with van der Waals surface area (Å²) in [6.45, 7) is -0.617. The van der Waals surface area contributed by atoms with Gasteiger partial charge in [0.05, 0.1) is 18.7 Å². The van der Waals surface area contributed by atoms with Crippen molar-refractivity contribution in [1.82, 2.24) is 10.0 Å². The molecule has 10 heteroatoms. The number of azide groups is 1. The Labute approximate surface area is 95.3 Å². The molecule has 17 heavy (non-hydrogen) atoms. The van der Waals surface area contributed by atoms with Gasteiger partial charge in [-0.15, -0.1) is 0 Å². The predicted molar refractivity (Wildman–Crippen MR) is 53.0 cm³/mol. The van der Waals surface area contributed by atoms with Gasteiger partial charge in [0.25, 0.3) is 0 Å². The van der Waals surface area contributed by atoms with Crippen LogP contribution in [0.3, 0.4) is 0 Å². The third kappa shape index (κ3) is 2.89. The van der Waals surface area contributed by atoms with E-state index in [2.05, 4.69) is 10.0 Å². The van der Waals surface area contributed by atoms with Crippen LogP contribution in [0.2, 0.25) is 0 Å². The second kappa shape index (κ2) is 5.23. The molecule has 94 valence electrons. The first-order valence-corrected chi connectivity index (χ1v) is 4.70. The second-order valence-electron chi connectivity index (χ2n) is 3.40. The number of carboxylic acid groups (broad SMARTS) is 2. The van der Waals surface area contributed by atoms with E-state index in [4.69, 9.17) is 15.7 Å². The fourth-order valence-corrected chi connectivity index (χ4v) is 1.55. The lowest BCUT2D eigenvalue weighted by Crippen LogP contribution is -2.50. The van der Waals surface area contributed by atoms with Crippen LogP contribution in [-0.4, -0.2) is 62.8 Å². The van der Waals surface area contributed by atoms with E-state index in [0.29, 0.717) is 10.0 Å². The molecule has 0 aromatic carbocycles. The summed E-state index contributed by atoms with van der Waals surface area (Å²) in [7, 11) is 0. The van der Waals surface area contributed by atoms with E-state index in [1.165, 1.54) is 0 Å².